The average molecular weight is 605 g/mol. The molecule has 1 N–H and O–H groups in total. The van der Waals surface area contributed by atoms with Crippen LogP contribution in [0.2, 0.25) is 10.0 Å². The molecule has 3 aromatic rings. The van der Waals surface area contributed by atoms with Gasteiger partial charge in [0.15, 0.2) is 0 Å². The van der Waals surface area contributed by atoms with Crippen LogP contribution in [-0.2, 0) is 26.2 Å². The van der Waals surface area contributed by atoms with E-state index in [9.17, 15) is 18.0 Å². The van der Waals surface area contributed by atoms with Gasteiger partial charge < -0.3 is 10.2 Å². The minimum absolute atomic E-state index is 0.0300. The lowest BCUT2D eigenvalue weighted by molar-refractivity contribution is -0.141. The lowest BCUT2D eigenvalue weighted by Gasteiger charge is -2.34. The fourth-order valence-electron chi connectivity index (χ4n) is 5.19. The number of hydrogen-bond acceptors (Lipinski definition) is 4. The molecule has 0 spiro atoms. The standard InChI is InChI=1S/C30H35Cl2N3O4S/c1-3-28(30(37)33-23-12-5-4-6-13-23)35(19-25-26(31)14-9-15-27(25)32)29(36)20-34(2)40(38,39)24-17-16-21-10-7-8-11-22(21)18-24/h7-11,14-18,23,28H,3-6,12-13,19-20H2,1-2H3,(H,33,37). The molecule has 4 rings (SSSR count). The van der Waals surface area contributed by atoms with Gasteiger partial charge in [-0.15, -0.1) is 0 Å². The fraction of sp³-hybridized carbons (Fsp3) is 0.400. The third-order valence-corrected chi connectivity index (χ3v) is 10.0. The molecule has 214 valence electrons. The summed E-state index contributed by atoms with van der Waals surface area (Å²) in [6.45, 7) is 1.34. The second-order valence-corrected chi connectivity index (χ2v) is 13.1. The Balaban J connectivity index is 1.60. The Labute approximate surface area is 246 Å². The quantitative estimate of drug-likeness (QED) is 0.307. The number of benzene rings is 3. The van der Waals surface area contributed by atoms with Crippen LogP contribution in [-0.4, -0.2) is 55.1 Å². The molecular formula is C30H35Cl2N3O4S. The number of carbonyl (C=O) groups is 2. The Hall–Kier alpha value is -2.65. The first-order valence-corrected chi connectivity index (χ1v) is 15.8. The Bertz CT molecular complexity index is 1450. The molecule has 1 atom stereocenters. The summed E-state index contributed by atoms with van der Waals surface area (Å²) in [6.07, 6.45) is 5.40. The van der Waals surface area contributed by atoms with Gasteiger partial charge >= 0.3 is 0 Å². The van der Waals surface area contributed by atoms with Crippen molar-refractivity contribution in [3.63, 3.8) is 0 Å². The van der Waals surface area contributed by atoms with Gasteiger partial charge in [-0.1, -0.05) is 85.8 Å². The topological polar surface area (TPSA) is 86.8 Å². The summed E-state index contributed by atoms with van der Waals surface area (Å²) in [4.78, 5) is 28.8. The maximum atomic E-state index is 13.8. The molecule has 10 heteroatoms. The van der Waals surface area contributed by atoms with Gasteiger partial charge in [0.2, 0.25) is 21.8 Å². The molecule has 1 saturated carbocycles. The highest BCUT2D eigenvalue weighted by Crippen LogP contribution is 2.28. The summed E-state index contributed by atoms with van der Waals surface area (Å²) in [7, 11) is -2.62. The first kappa shape index (κ1) is 30.3. The summed E-state index contributed by atoms with van der Waals surface area (Å²) in [5, 5.41) is 5.54. The van der Waals surface area contributed by atoms with Crippen molar-refractivity contribution < 1.29 is 18.0 Å². The van der Waals surface area contributed by atoms with E-state index >= 15 is 0 Å². The number of sulfonamides is 1. The summed E-state index contributed by atoms with van der Waals surface area (Å²) in [5.41, 5.74) is 0.503. The Morgan fingerprint density at radius 3 is 2.25 bits per heavy atom. The number of likely N-dealkylation sites (N-methyl/N-ethyl adjacent to an activating group) is 1. The van der Waals surface area contributed by atoms with Crippen LogP contribution in [0, 0.1) is 0 Å². The minimum Gasteiger partial charge on any atom is -0.352 e. The van der Waals surface area contributed by atoms with Crippen molar-refractivity contribution in [3.8, 4) is 0 Å². The molecule has 0 aromatic heterocycles. The number of carbonyl (C=O) groups excluding carboxylic acids is 2. The second kappa shape index (κ2) is 13.3. The predicted molar refractivity (Wildman–Crippen MR) is 160 cm³/mol. The first-order chi connectivity index (χ1) is 19.1. The number of rotatable bonds is 10. The van der Waals surface area contributed by atoms with E-state index in [-0.39, 0.29) is 23.4 Å². The smallest absolute Gasteiger partial charge is 0.243 e. The molecule has 1 fully saturated rings. The lowest BCUT2D eigenvalue weighted by atomic mass is 9.95. The van der Waals surface area contributed by atoms with Crippen molar-refractivity contribution in [2.24, 2.45) is 0 Å². The highest BCUT2D eigenvalue weighted by atomic mass is 35.5. The van der Waals surface area contributed by atoms with Gasteiger partial charge in [0.1, 0.15) is 6.04 Å². The number of nitrogens with zero attached hydrogens (tertiary/aromatic N) is 2. The highest BCUT2D eigenvalue weighted by molar-refractivity contribution is 7.89. The van der Waals surface area contributed by atoms with Crippen molar-refractivity contribution in [1.82, 2.24) is 14.5 Å². The Morgan fingerprint density at radius 1 is 0.950 bits per heavy atom. The molecule has 0 heterocycles. The van der Waals surface area contributed by atoms with E-state index in [2.05, 4.69) is 5.32 Å². The summed E-state index contributed by atoms with van der Waals surface area (Å²) < 4.78 is 28.0. The van der Waals surface area contributed by atoms with Crippen LogP contribution in [0.1, 0.15) is 51.0 Å². The van der Waals surface area contributed by atoms with Gasteiger partial charge in [0.25, 0.3) is 0 Å². The van der Waals surface area contributed by atoms with Crippen molar-refractivity contribution in [2.45, 2.75) is 69.0 Å². The van der Waals surface area contributed by atoms with Crippen LogP contribution >= 0.6 is 23.2 Å². The predicted octanol–water partition coefficient (Wildman–Crippen LogP) is 6.02. The molecule has 1 aliphatic carbocycles. The number of halogens is 2. The maximum Gasteiger partial charge on any atom is 0.243 e. The summed E-state index contributed by atoms with van der Waals surface area (Å²) in [5.74, 6) is -0.778. The van der Waals surface area contributed by atoms with Crippen molar-refractivity contribution >= 4 is 55.8 Å². The number of amides is 2. The van der Waals surface area contributed by atoms with Crippen LogP contribution in [0.15, 0.2) is 65.6 Å². The van der Waals surface area contributed by atoms with E-state index in [0.29, 0.717) is 22.0 Å². The number of fused-ring (bicyclic) bond motifs is 1. The van der Waals surface area contributed by atoms with Crippen molar-refractivity contribution in [3.05, 3.63) is 76.3 Å². The molecule has 0 aliphatic heterocycles. The first-order valence-electron chi connectivity index (χ1n) is 13.6. The summed E-state index contributed by atoms with van der Waals surface area (Å²) in [6, 6.07) is 16.6. The Kier molecular flexibility index (Phi) is 10.1. The van der Waals surface area contributed by atoms with Gasteiger partial charge in [0.05, 0.1) is 11.4 Å². The van der Waals surface area contributed by atoms with Gasteiger partial charge in [-0.2, -0.15) is 4.31 Å². The van der Waals surface area contributed by atoms with Crippen LogP contribution in [0.3, 0.4) is 0 Å². The van der Waals surface area contributed by atoms with E-state index < -0.39 is 28.5 Å². The van der Waals surface area contributed by atoms with Crippen molar-refractivity contribution in [2.75, 3.05) is 13.6 Å². The van der Waals surface area contributed by atoms with Gasteiger partial charge in [0, 0.05) is 35.2 Å². The van der Waals surface area contributed by atoms with Crippen LogP contribution in [0.25, 0.3) is 10.8 Å². The fourth-order valence-corrected chi connectivity index (χ4v) is 6.86. The third-order valence-electron chi connectivity index (χ3n) is 7.51. The van der Waals surface area contributed by atoms with E-state index in [0.717, 1.165) is 47.2 Å². The van der Waals surface area contributed by atoms with Gasteiger partial charge in [-0.25, -0.2) is 8.42 Å². The molecule has 1 unspecified atom stereocenters. The minimum atomic E-state index is -3.99. The largest absolute Gasteiger partial charge is 0.352 e. The molecule has 0 bridgehead atoms. The van der Waals surface area contributed by atoms with Crippen LogP contribution in [0.4, 0.5) is 0 Å². The SMILES string of the molecule is CCC(C(=O)NC1CCCCC1)N(Cc1c(Cl)cccc1Cl)C(=O)CN(C)S(=O)(=O)c1ccc2ccccc2c1. The zero-order valence-electron chi connectivity index (χ0n) is 22.8. The van der Waals surface area contributed by atoms with Crippen LogP contribution in [0.5, 0.6) is 0 Å². The molecular weight excluding hydrogens is 569 g/mol. The van der Waals surface area contributed by atoms with E-state index in [1.165, 1.54) is 18.0 Å². The number of nitrogens with one attached hydrogen (secondary N) is 1. The molecule has 40 heavy (non-hydrogen) atoms. The molecule has 2 amide bonds. The average Bonchev–Trinajstić information content (AvgIpc) is 2.94. The third kappa shape index (κ3) is 6.97. The molecule has 0 radical (unpaired) electrons. The monoisotopic (exact) mass is 603 g/mol. The van der Waals surface area contributed by atoms with Gasteiger partial charge in [-0.3, -0.25) is 9.59 Å². The van der Waals surface area contributed by atoms with E-state index in [1.54, 1.807) is 30.3 Å². The summed E-state index contributed by atoms with van der Waals surface area (Å²) >= 11 is 12.9. The lowest BCUT2D eigenvalue weighted by Crippen LogP contribution is -2.53. The zero-order valence-corrected chi connectivity index (χ0v) is 25.1. The molecule has 7 nitrogen and oxygen atoms in total. The zero-order chi connectivity index (χ0) is 28.9. The molecule has 0 saturated heterocycles. The Morgan fingerprint density at radius 2 is 1.60 bits per heavy atom. The normalized spacial score (nSPS) is 15.2. The molecule has 3 aromatic carbocycles. The van der Waals surface area contributed by atoms with Crippen molar-refractivity contribution in [1.29, 1.82) is 0 Å². The number of hydrogen-bond donors (Lipinski definition) is 1. The van der Waals surface area contributed by atoms with Crippen LogP contribution < -0.4 is 5.32 Å². The maximum absolute atomic E-state index is 13.8. The molecule has 1 aliphatic rings. The van der Waals surface area contributed by atoms with E-state index in [1.807, 2.05) is 31.2 Å². The van der Waals surface area contributed by atoms with Gasteiger partial charge in [-0.05, 0) is 54.3 Å². The second-order valence-electron chi connectivity index (χ2n) is 10.3. The highest BCUT2D eigenvalue weighted by Gasteiger charge is 2.33. The van der Waals surface area contributed by atoms with E-state index in [4.69, 9.17) is 23.2 Å².